The summed E-state index contributed by atoms with van der Waals surface area (Å²) in [6.07, 6.45) is 1.27. The van der Waals surface area contributed by atoms with Gasteiger partial charge in [-0.15, -0.1) is 0 Å². The molecule has 0 radical (unpaired) electrons. The van der Waals surface area contributed by atoms with Crippen LogP contribution >= 0.6 is 0 Å². The first-order valence-electron chi connectivity index (χ1n) is 4.31. The maximum Gasteiger partial charge on any atom is 0.0643 e. The molecule has 1 aliphatic carbocycles. The predicted molar refractivity (Wildman–Crippen MR) is 44.2 cm³/mol. The van der Waals surface area contributed by atoms with E-state index in [1.807, 2.05) is 0 Å². The van der Waals surface area contributed by atoms with Gasteiger partial charge in [-0.1, -0.05) is 13.8 Å². The number of hydrogen-bond donors (Lipinski definition) is 2. The molecule has 2 nitrogen and oxygen atoms in total. The van der Waals surface area contributed by atoms with Crippen LogP contribution in [0.25, 0.3) is 0 Å². The minimum atomic E-state index is -0.369. The van der Waals surface area contributed by atoms with Crippen molar-refractivity contribution < 1.29 is 10.2 Å². The first-order chi connectivity index (χ1) is 4.95. The molecule has 11 heavy (non-hydrogen) atoms. The molecule has 0 aromatic rings. The molecule has 3 unspecified atom stereocenters. The van der Waals surface area contributed by atoms with Crippen LogP contribution in [0, 0.1) is 11.3 Å². The molecule has 1 aliphatic rings. The van der Waals surface area contributed by atoms with E-state index in [0.717, 1.165) is 12.8 Å². The van der Waals surface area contributed by atoms with Crippen LogP contribution in [0.1, 0.15) is 33.6 Å². The van der Waals surface area contributed by atoms with Crippen LogP contribution in [0.15, 0.2) is 0 Å². The van der Waals surface area contributed by atoms with Crippen LogP contribution in [0.5, 0.6) is 0 Å². The molecule has 0 bridgehead atoms. The van der Waals surface area contributed by atoms with Crippen molar-refractivity contribution in [1.29, 1.82) is 0 Å². The highest BCUT2D eigenvalue weighted by Crippen LogP contribution is 2.42. The molecule has 0 heterocycles. The van der Waals surface area contributed by atoms with E-state index >= 15 is 0 Å². The molecule has 3 atom stereocenters. The van der Waals surface area contributed by atoms with Crippen molar-refractivity contribution >= 4 is 0 Å². The SMILES string of the molecule is CC(O)C1CCC(C)(C)C1O. The van der Waals surface area contributed by atoms with E-state index in [1.54, 1.807) is 6.92 Å². The summed E-state index contributed by atoms with van der Waals surface area (Å²) in [4.78, 5) is 0. The fourth-order valence-electron chi connectivity index (χ4n) is 1.93. The van der Waals surface area contributed by atoms with Gasteiger partial charge in [0.25, 0.3) is 0 Å². The van der Waals surface area contributed by atoms with Crippen molar-refractivity contribution in [2.24, 2.45) is 11.3 Å². The van der Waals surface area contributed by atoms with Gasteiger partial charge in [-0.3, -0.25) is 0 Å². The molecular formula is C9H18O2. The number of aliphatic hydroxyl groups excluding tert-OH is 2. The van der Waals surface area contributed by atoms with Gasteiger partial charge in [0.15, 0.2) is 0 Å². The molecule has 0 aromatic heterocycles. The normalized spacial score (nSPS) is 39.0. The van der Waals surface area contributed by atoms with Gasteiger partial charge in [0, 0.05) is 5.92 Å². The van der Waals surface area contributed by atoms with Gasteiger partial charge >= 0.3 is 0 Å². The third-order valence-corrected chi connectivity index (χ3v) is 2.95. The van der Waals surface area contributed by atoms with E-state index in [4.69, 9.17) is 0 Å². The molecule has 0 spiro atoms. The van der Waals surface area contributed by atoms with Gasteiger partial charge in [0.1, 0.15) is 0 Å². The highest BCUT2D eigenvalue weighted by Gasteiger charge is 2.42. The van der Waals surface area contributed by atoms with Gasteiger partial charge in [-0.25, -0.2) is 0 Å². The maximum atomic E-state index is 9.73. The van der Waals surface area contributed by atoms with Crippen LogP contribution in [-0.2, 0) is 0 Å². The van der Waals surface area contributed by atoms with Gasteiger partial charge in [0.2, 0.25) is 0 Å². The Morgan fingerprint density at radius 1 is 1.45 bits per heavy atom. The first-order valence-corrected chi connectivity index (χ1v) is 4.31. The lowest BCUT2D eigenvalue weighted by atomic mass is 9.86. The van der Waals surface area contributed by atoms with Crippen LogP contribution in [0.3, 0.4) is 0 Å². The molecular weight excluding hydrogens is 140 g/mol. The Bertz CT molecular complexity index is 140. The van der Waals surface area contributed by atoms with Crippen LogP contribution in [-0.4, -0.2) is 22.4 Å². The standard InChI is InChI=1S/C9H18O2/c1-6(10)7-4-5-9(2,3)8(7)11/h6-8,10-11H,4-5H2,1-3H3. The zero-order valence-corrected chi connectivity index (χ0v) is 7.54. The van der Waals surface area contributed by atoms with Crippen molar-refractivity contribution in [3.8, 4) is 0 Å². The van der Waals surface area contributed by atoms with Gasteiger partial charge in [-0.2, -0.15) is 0 Å². The van der Waals surface area contributed by atoms with Crippen LogP contribution in [0.4, 0.5) is 0 Å². The van der Waals surface area contributed by atoms with E-state index in [2.05, 4.69) is 13.8 Å². The molecule has 1 rings (SSSR count). The highest BCUT2D eigenvalue weighted by molar-refractivity contribution is 4.92. The Labute approximate surface area is 68.2 Å². The van der Waals surface area contributed by atoms with E-state index in [9.17, 15) is 10.2 Å². The maximum absolute atomic E-state index is 9.73. The summed E-state index contributed by atoms with van der Waals surface area (Å²) < 4.78 is 0. The lowest BCUT2D eigenvalue weighted by Crippen LogP contribution is -2.33. The average Bonchev–Trinajstić information content (AvgIpc) is 2.09. The number of aliphatic hydroxyl groups is 2. The zero-order chi connectivity index (χ0) is 8.65. The summed E-state index contributed by atoms with van der Waals surface area (Å²) in [5, 5.41) is 19.0. The summed E-state index contributed by atoms with van der Waals surface area (Å²) in [5.41, 5.74) is 0.00164. The topological polar surface area (TPSA) is 40.5 Å². The second-order valence-electron chi connectivity index (χ2n) is 4.38. The quantitative estimate of drug-likeness (QED) is 0.601. The number of hydrogen-bond acceptors (Lipinski definition) is 2. The van der Waals surface area contributed by atoms with Crippen molar-refractivity contribution in [3.63, 3.8) is 0 Å². The second-order valence-corrected chi connectivity index (χ2v) is 4.38. The molecule has 2 heteroatoms. The lowest BCUT2D eigenvalue weighted by molar-refractivity contribution is -0.00338. The van der Waals surface area contributed by atoms with Crippen LogP contribution in [0.2, 0.25) is 0 Å². The number of rotatable bonds is 1. The fraction of sp³-hybridized carbons (Fsp3) is 1.00. The summed E-state index contributed by atoms with van der Waals surface area (Å²) in [7, 11) is 0. The zero-order valence-electron chi connectivity index (χ0n) is 7.54. The van der Waals surface area contributed by atoms with E-state index < -0.39 is 0 Å². The first kappa shape index (κ1) is 9.01. The fourth-order valence-corrected chi connectivity index (χ4v) is 1.93. The molecule has 1 fully saturated rings. The molecule has 66 valence electrons. The predicted octanol–water partition coefficient (Wildman–Crippen LogP) is 1.16. The minimum absolute atomic E-state index is 0.00164. The smallest absolute Gasteiger partial charge is 0.0643 e. The Hall–Kier alpha value is -0.0800. The molecule has 2 N–H and O–H groups in total. The summed E-state index contributed by atoms with van der Waals surface area (Å²) in [6.45, 7) is 5.87. The average molecular weight is 158 g/mol. The summed E-state index contributed by atoms with van der Waals surface area (Å²) in [5.74, 6) is 0.0880. The highest BCUT2D eigenvalue weighted by atomic mass is 16.3. The third-order valence-electron chi connectivity index (χ3n) is 2.95. The van der Waals surface area contributed by atoms with Crippen LogP contribution < -0.4 is 0 Å². The van der Waals surface area contributed by atoms with Gasteiger partial charge < -0.3 is 10.2 Å². The van der Waals surface area contributed by atoms with E-state index in [-0.39, 0.29) is 23.5 Å². The summed E-state index contributed by atoms with van der Waals surface area (Å²) >= 11 is 0. The largest absolute Gasteiger partial charge is 0.393 e. The van der Waals surface area contributed by atoms with Crippen molar-refractivity contribution in [3.05, 3.63) is 0 Å². The van der Waals surface area contributed by atoms with Crippen molar-refractivity contribution in [1.82, 2.24) is 0 Å². The van der Waals surface area contributed by atoms with Gasteiger partial charge in [0.05, 0.1) is 12.2 Å². The second kappa shape index (κ2) is 2.76. The van der Waals surface area contributed by atoms with Crippen molar-refractivity contribution in [2.45, 2.75) is 45.8 Å². The summed E-state index contributed by atoms with van der Waals surface area (Å²) in [6, 6.07) is 0. The Morgan fingerprint density at radius 3 is 2.18 bits per heavy atom. The van der Waals surface area contributed by atoms with E-state index in [0.29, 0.717) is 0 Å². The Kier molecular flexibility index (Phi) is 2.26. The van der Waals surface area contributed by atoms with Crippen molar-refractivity contribution in [2.75, 3.05) is 0 Å². The van der Waals surface area contributed by atoms with E-state index in [1.165, 1.54) is 0 Å². The molecule has 0 amide bonds. The minimum Gasteiger partial charge on any atom is -0.393 e. The monoisotopic (exact) mass is 158 g/mol. The lowest BCUT2D eigenvalue weighted by Gasteiger charge is -2.26. The Morgan fingerprint density at radius 2 is 2.00 bits per heavy atom. The molecule has 0 saturated heterocycles. The molecule has 0 aliphatic heterocycles. The molecule has 0 aromatic carbocycles. The molecule has 1 saturated carbocycles. The Balaban J connectivity index is 2.63. The third kappa shape index (κ3) is 1.57. The van der Waals surface area contributed by atoms with Gasteiger partial charge in [-0.05, 0) is 25.2 Å².